The summed E-state index contributed by atoms with van der Waals surface area (Å²) in [5.41, 5.74) is 0.884. The molecule has 0 unspecified atom stereocenters. The van der Waals surface area contributed by atoms with Crippen molar-refractivity contribution in [3.05, 3.63) is 47.3 Å². The van der Waals surface area contributed by atoms with Crippen LogP contribution in [0.3, 0.4) is 0 Å². The Balaban J connectivity index is 1.52. The molecule has 0 aliphatic carbocycles. The van der Waals surface area contributed by atoms with E-state index in [1.807, 2.05) is 6.92 Å². The fourth-order valence-corrected chi connectivity index (χ4v) is 3.40. The third kappa shape index (κ3) is 4.78. The van der Waals surface area contributed by atoms with Crippen molar-refractivity contribution in [3.63, 3.8) is 0 Å². The van der Waals surface area contributed by atoms with E-state index in [9.17, 15) is 14.7 Å². The van der Waals surface area contributed by atoms with Gasteiger partial charge in [-0.1, -0.05) is 12.1 Å². The van der Waals surface area contributed by atoms with Crippen LogP contribution in [0.4, 0.5) is 0 Å². The maximum absolute atomic E-state index is 12.6. The lowest BCUT2D eigenvalue weighted by atomic mass is 9.90. The van der Waals surface area contributed by atoms with Gasteiger partial charge in [-0.25, -0.2) is 0 Å². The molecule has 0 saturated carbocycles. The smallest absolute Gasteiger partial charge is 0.276 e. The summed E-state index contributed by atoms with van der Waals surface area (Å²) in [6, 6.07) is 8.43. The Morgan fingerprint density at radius 2 is 1.96 bits per heavy atom. The number of aliphatic hydroxyl groups is 1. The van der Waals surface area contributed by atoms with E-state index in [0.29, 0.717) is 30.2 Å². The van der Waals surface area contributed by atoms with Crippen LogP contribution in [-0.2, 0) is 6.61 Å². The van der Waals surface area contributed by atoms with E-state index >= 15 is 0 Å². The number of ether oxygens (including phenoxy) is 1. The summed E-state index contributed by atoms with van der Waals surface area (Å²) in [5, 5.41) is 13.8. The largest absolute Gasteiger partial charge is 0.486 e. The molecule has 1 aliphatic rings. The number of ketones is 1. The van der Waals surface area contributed by atoms with Crippen LogP contribution in [-0.4, -0.2) is 46.0 Å². The Bertz CT molecular complexity index is 806. The quantitative estimate of drug-likeness (QED) is 0.735. The second-order valence-corrected chi connectivity index (χ2v) is 7.15. The van der Waals surface area contributed by atoms with Crippen LogP contribution in [0.1, 0.15) is 59.7 Å². The summed E-state index contributed by atoms with van der Waals surface area (Å²) >= 11 is 0. The minimum atomic E-state index is -0.294. The van der Waals surface area contributed by atoms with Crippen molar-refractivity contribution in [2.75, 3.05) is 13.1 Å². The van der Waals surface area contributed by atoms with E-state index in [2.05, 4.69) is 5.16 Å². The van der Waals surface area contributed by atoms with Crippen molar-refractivity contribution in [2.24, 2.45) is 5.92 Å². The molecule has 1 aliphatic heterocycles. The number of aromatic nitrogens is 1. The summed E-state index contributed by atoms with van der Waals surface area (Å²) in [6.07, 6.45) is 2.04. The molecule has 0 spiro atoms. The highest BCUT2D eigenvalue weighted by Gasteiger charge is 2.28. The van der Waals surface area contributed by atoms with Crippen molar-refractivity contribution >= 4 is 11.7 Å². The maximum atomic E-state index is 12.6. The molecule has 0 bridgehead atoms. The molecule has 7 heteroatoms. The van der Waals surface area contributed by atoms with Crippen LogP contribution in [0.2, 0.25) is 0 Å². The number of benzene rings is 1. The standard InChI is InChI=1S/C21H26N2O5/c1-3-20(25)16-8-10-23(11-9-16)21(26)19-12-18(28-22-19)13-27-17-6-4-15(5-7-17)14(2)24/h4-7,12,16,20,25H,3,8-11,13H2,1-2H3/t20-/m1/s1. The number of piperidine rings is 1. The van der Waals surface area contributed by atoms with Gasteiger partial charge in [-0.3, -0.25) is 9.59 Å². The summed E-state index contributed by atoms with van der Waals surface area (Å²) in [4.78, 5) is 25.6. The van der Waals surface area contributed by atoms with Gasteiger partial charge in [0.05, 0.1) is 6.10 Å². The molecule has 1 amide bonds. The summed E-state index contributed by atoms with van der Waals surface area (Å²) < 4.78 is 10.8. The Morgan fingerprint density at radius 3 is 2.57 bits per heavy atom. The summed E-state index contributed by atoms with van der Waals surface area (Å²) in [7, 11) is 0. The molecule has 2 heterocycles. The monoisotopic (exact) mass is 386 g/mol. The van der Waals surface area contributed by atoms with Crippen molar-refractivity contribution in [3.8, 4) is 5.75 Å². The number of rotatable bonds is 7. The predicted molar refractivity (Wildman–Crippen MR) is 102 cm³/mol. The molecule has 150 valence electrons. The second kappa shape index (κ2) is 9.01. The fourth-order valence-electron chi connectivity index (χ4n) is 3.40. The van der Waals surface area contributed by atoms with Crippen LogP contribution in [0, 0.1) is 5.92 Å². The van der Waals surface area contributed by atoms with Gasteiger partial charge in [-0.05, 0) is 56.4 Å². The molecule has 28 heavy (non-hydrogen) atoms. The lowest BCUT2D eigenvalue weighted by molar-refractivity contribution is 0.0447. The molecule has 1 aromatic carbocycles. The van der Waals surface area contributed by atoms with Gasteiger partial charge in [-0.15, -0.1) is 0 Å². The minimum absolute atomic E-state index is 0.00169. The van der Waals surface area contributed by atoms with Gasteiger partial charge in [0.25, 0.3) is 5.91 Å². The average molecular weight is 386 g/mol. The van der Waals surface area contributed by atoms with Gasteiger partial charge < -0.3 is 19.3 Å². The Labute approximate surface area is 164 Å². The van der Waals surface area contributed by atoms with Crippen molar-refractivity contribution in [1.29, 1.82) is 0 Å². The number of hydrogen-bond donors (Lipinski definition) is 1. The van der Waals surface area contributed by atoms with Gasteiger partial charge in [-0.2, -0.15) is 0 Å². The number of carbonyl (C=O) groups is 2. The highest BCUT2D eigenvalue weighted by molar-refractivity contribution is 5.94. The van der Waals surface area contributed by atoms with Crippen molar-refractivity contribution < 1.29 is 24.0 Å². The number of amides is 1. The number of likely N-dealkylation sites (tertiary alicyclic amines) is 1. The fraction of sp³-hybridized carbons (Fsp3) is 0.476. The number of nitrogens with zero attached hydrogens (tertiary/aromatic N) is 2. The van der Waals surface area contributed by atoms with Gasteiger partial charge in [0, 0.05) is 24.7 Å². The topological polar surface area (TPSA) is 92.9 Å². The van der Waals surface area contributed by atoms with Gasteiger partial charge in [0.15, 0.2) is 17.2 Å². The molecule has 3 rings (SSSR count). The van der Waals surface area contributed by atoms with E-state index in [4.69, 9.17) is 9.26 Å². The Hall–Kier alpha value is -2.67. The zero-order valence-corrected chi connectivity index (χ0v) is 16.3. The average Bonchev–Trinajstić information content (AvgIpc) is 3.20. The molecule has 0 radical (unpaired) electrons. The lowest BCUT2D eigenvalue weighted by Gasteiger charge is -2.33. The van der Waals surface area contributed by atoms with E-state index < -0.39 is 0 Å². The summed E-state index contributed by atoms with van der Waals surface area (Å²) in [5.74, 6) is 1.15. The van der Waals surface area contributed by atoms with Crippen molar-refractivity contribution in [1.82, 2.24) is 10.1 Å². The highest BCUT2D eigenvalue weighted by atomic mass is 16.5. The maximum Gasteiger partial charge on any atom is 0.276 e. The first-order valence-corrected chi connectivity index (χ1v) is 9.64. The highest BCUT2D eigenvalue weighted by Crippen LogP contribution is 2.23. The van der Waals surface area contributed by atoms with Gasteiger partial charge in [0.1, 0.15) is 12.4 Å². The molecule has 1 aromatic heterocycles. The molecule has 7 nitrogen and oxygen atoms in total. The van der Waals surface area contributed by atoms with Crippen LogP contribution >= 0.6 is 0 Å². The molecule has 1 saturated heterocycles. The molecule has 1 fully saturated rings. The SMILES string of the molecule is CC[C@@H](O)C1CCN(C(=O)c2cc(COc3ccc(C(C)=O)cc3)on2)CC1. The normalized spacial score (nSPS) is 16.0. The third-order valence-corrected chi connectivity index (χ3v) is 5.21. The zero-order chi connectivity index (χ0) is 20.1. The molecule has 1 atom stereocenters. The lowest BCUT2D eigenvalue weighted by Crippen LogP contribution is -2.41. The first-order chi connectivity index (χ1) is 13.5. The van der Waals surface area contributed by atoms with E-state index in [1.165, 1.54) is 6.92 Å². The molecule has 2 aromatic rings. The van der Waals surface area contributed by atoms with Crippen LogP contribution in [0.5, 0.6) is 5.75 Å². The summed E-state index contributed by atoms with van der Waals surface area (Å²) in [6.45, 7) is 4.85. The number of hydrogen-bond acceptors (Lipinski definition) is 6. The van der Waals surface area contributed by atoms with Crippen LogP contribution in [0.25, 0.3) is 0 Å². The molecule has 1 N–H and O–H groups in total. The number of Topliss-reactive ketones (excluding diaryl/α,β-unsaturated/α-hetero) is 1. The number of aliphatic hydroxyl groups excluding tert-OH is 1. The van der Waals surface area contributed by atoms with Gasteiger partial charge in [0.2, 0.25) is 0 Å². The minimum Gasteiger partial charge on any atom is -0.486 e. The Morgan fingerprint density at radius 1 is 1.29 bits per heavy atom. The van der Waals surface area contributed by atoms with Crippen LogP contribution in [0.15, 0.2) is 34.9 Å². The zero-order valence-electron chi connectivity index (χ0n) is 16.3. The molecular formula is C21H26N2O5. The first-order valence-electron chi connectivity index (χ1n) is 9.64. The molecular weight excluding hydrogens is 360 g/mol. The van der Waals surface area contributed by atoms with E-state index in [-0.39, 0.29) is 36.0 Å². The number of carbonyl (C=O) groups excluding carboxylic acids is 2. The predicted octanol–water partition coefficient (Wildman–Crippen LogP) is 3.08. The van der Waals surface area contributed by atoms with E-state index in [0.717, 1.165) is 19.3 Å². The van der Waals surface area contributed by atoms with E-state index in [1.54, 1.807) is 35.2 Å². The van der Waals surface area contributed by atoms with Gasteiger partial charge >= 0.3 is 0 Å². The Kier molecular flexibility index (Phi) is 6.46. The first kappa shape index (κ1) is 20.1. The third-order valence-electron chi connectivity index (χ3n) is 5.21. The second-order valence-electron chi connectivity index (χ2n) is 7.15. The van der Waals surface area contributed by atoms with Crippen molar-refractivity contribution in [2.45, 2.75) is 45.8 Å². The van der Waals surface area contributed by atoms with Crippen LogP contribution < -0.4 is 4.74 Å².